The molecule has 164 valence electrons. The van der Waals surface area contributed by atoms with Crippen molar-refractivity contribution < 1.29 is 0 Å². The third-order valence-electron chi connectivity index (χ3n) is 7.17. The summed E-state index contributed by atoms with van der Waals surface area (Å²) in [7, 11) is 3.82. The van der Waals surface area contributed by atoms with Crippen LogP contribution < -0.4 is 15.4 Å². The number of rotatable bonds is 5. The molecule has 5 rings (SSSR count). The molecule has 2 saturated carbocycles. The second-order valence-corrected chi connectivity index (χ2v) is 9.15. The van der Waals surface area contributed by atoms with Crippen LogP contribution in [0.5, 0.6) is 0 Å². The van der Waals surface area contributed by atoms with Crippen molar-refractivity contribution in [1.82, 2.24) is 9.55 Å². The van der Waals surface area contributed by atoms with Gasteiger partial charge in [-0.3, -0.25) is 4.79 Å². The lowest BCUT2D eigenvalue weighted by Crippen LogP contribution is -2.44. The smallest absolute Gasteiger partial charge is 0.252 e. The molecule has 0 spiro atoms. The second kappa shape index (κ2) is 8.31. The van der Waals surface area contributed by atoms with Crippen LogP contribution in [0.25, 0.3) is 11.0 Å². The molecular formula is C26H29N5O. The quantitative estimate of drug-likeness (QED) is 0.610. The molecule has 6 nitrogen and oxygen atoms in total. The number of nitrogens with zero attached hydrogens (tertiary/aromatic N) is 5. The van der Waals surface area contributed by atoms with Gasteiger partial charge in [-0.25, -0.2) is 4.98 Å². The summed E-state index contributed by atoms with van der Waals surface area (Å²) in [5.41, 5.74) is 3.97. The average Bonchev–Trinajstić information content (AvgIpc) is 3.67. The van der Waals surface area contributed by atoms with Gasteiger partial charge >= 0.3 is 0 Å². The van der Waals surface area contributed by atoms with Gasteiger partial charge in [-0.2, -0.15) is 5.26 Å². The van der Waals surface area contributed by atoms with Crippen molar-refractivity contribution in [3.8, 4) is 6.07 Å². The van der Waals surface area contributed by atoms with Crippen LogP contribution >= 0.6 is 0 Å². The number of para-hydroxylation sites is 1. The Balaban J connectivity index is 1.38. The Morgan fingerprint density at radius 2 is 1.59 bits per heavy atom. The van der Waals surface area contributed by atoms with E-state index in [9.17, 15) is 10.1 Å². The zero-order valence-corrected chi connectivity index (χ0v) is 18.7. The Morgan fingerprint density at radius 1 is 0.969 bits per heavy atom. The van der Waals surface area contributed by atoms with E-state index < -0.39 is 0 Å². The number of hydrogen-bond acceptors (Lipinski definition) is 5. The molecule has 2 heterocycles. The van der Waals surface area contributed by atoms with Crippen molar-refractivity contribution in [2.24, 2.45) is 7.05 Å². The number of aromatic nitrogens is 2. The number of benzene rings is 1. The van der Waals surface area contributed by atoms with Crippen LogP contribution in [0.4, 0.5) is 11.4 Å². The first-order chi connectivity index (χ1) is 15.6. The highest BCUT2D eigenvalue weighted by atomic mass is 16.1. The molecule has 32 heavy (non-hydrogen) atoms. The fourth-order valence-electron chi connectivity index (χ4n) is 5.24. The first-order valence-corrected chi connectivity index (χ1v) is 11.5. The highest BCUT2D eigenvalue weighted by Gasteiger charge is 2.36. The topological polar surface area (TPSA) is 65.2 Å². The normalized spacial score (nSPS) is 20.7. The van der Waals surface area contributed by atoms with Crippen molar-refractivity contribution in [2.45, 2.75) is 56.7 Å². The third kappa shape index (κ3) is 3.73. The van der Waals surface area contributed by atoms with Crippen molar-refractivity contribution >= 4 is 22.4 Å². The van der Waals surface area contributed by atoms with Crippen molar-refractivity contribution in [3.05, 3.63) is 64.6 Å². The lowest BCUT2D eigenvalue weighted by molar-refractivity contribution is 0.366. The van der Waals surface area contributed by atoms with Crippen LogP contribution in [0.2, 0.25) is 0 Å². The molecule has 0 bridgehead atoms. The lowest BCUT2D eigenvalue weighted by atomic mass is 9.88. The van der Waals surface area contributed by atoms with Crippen molar-refractivity contribution in [2.75, 3.05) is 16.8 Å². The van der Waals surface area contributed by atoms with Crippen molar-refractivity contribution in [3.63, 3.8) is 0 Å². The van der Waals surface area contributed by atoms with Crippen molar-refractivity contribution in [1.29, 1.82) is 5.26 Å². The molecule has 0 radical (unpaired) electrons. The van der Waals surface area contributed by atoms with E-state index in [2.05, 4.69) is 58.2 Å². The highest BCUT2D eigenvalue weighted by Crippen LogP contribution is 2.39. The number of aryl methyl sites for hydroxylation is 1. The van der Waals surface area contributed by atoms with Gasteiger partial charge < -0.3 is 14.4 Å². The van der Waals surface area contributed by atoms with E-state index in [1.54, 1.807) is 23.7 Å². The van der Waals surface area contributed by atoms with E-state index >= 15 is 0 Å². The fourth-order valence-corrected chi connectivity index (χ4v) is 5.24. The minimum Gasteiger partial charge on any atom is -0.370 e. The van der Waals surface area contributed by atoms with Gasteiger partial charge in [0.25, 0.3) is 5.56 Å². The van der Waals surface area contributed by atoms with Crippen LogP contribution in [-0.2, 0) is 7.05 Å². The predicted molar refractivity (Wildman–Crippen MR) is 128 cm³/mol. The molecule has 3 aromatic rings. The number of hydrogen-bond donors (Lipinski definition) is 0. The summed E-state index contributed by atoms with van der Waals surface area (Å²) in [5.74, 6) is 0. The van der Waals surface area contributed by atoms with Gasteiger partial charge in [0.15, 0.2) is 0 Å². The van der Waals surface area contributed by atoms with Gasteiger partial charge in [0.2, 0.25) is 0 Å². The third-order valence-corrected chi connectivity index (χ3v) is 7.17. The summed E-state index contributed by atoms with van der Waals surface area (Å²) in [4.78, 5) is 22.0. The molecule has 0 atom stereocenters. The zero-order valence-electron chi connectivity index (χ0n) is 18.7. The highest BCUT2D eigenvalue weighted by molar-refractivity contribution is 5.88. The Kier molecular flexibility index (Phi) is 5.34. The Bertz CT molecular complexity index is 1220. The number of fused-ring (bicyclic) bond motifs is 1. The maximum Gasteiger partial charge on any atom is 0.252 e. The van der Waals surface area contributed by atoms with Gasteiger partial charge in [-0.15, -0.1) is 0 Å². The van der Waals surface area contributed by atoms with Crippen LogP contribution in [0.15, 0.2) is 53.3 Å². The number of pyridine rings is 2. The molecule has 1 aromatic carbocycles. The summed E-state index contributed by atoms with van der Waals surface area (Å²) < 4.78 is 1.60. The van der Waals surface area contributed by atoms with Gasteiger partial charge in [0.1, 0.15) is 17.3 Å². The molecule has 2 aromatic heterocycles. The van der Waals surface area contributed by atoms with E-state index in [0.29, 0.717) is 23.8 Å². The minimum absolute atomic E-state index is 0.0523. The van der Waals surface area contributed by atoms with Gasteiger partial charge in [0, 0.05) is 44.0 Å². The second-order valence-electron chi connectivity index (χ2n) is 9.15. The first kappa shape index (κ1) is 20.6. The summed E-state index contributed by atoms with van der Waals surface area (Å²) >= 11 is 0. The SMILES string of the molecule is Cn1c(=O)cc(N(C)[C@H]2CC[C@H](N(c3ccccc3)C3CC3)CC2)c2nc(C#N)ccc21. The number of anilines is 2. The minimum atomic E-state index is -0.0523. The Hall–Kier alpha value is -3.33. The summed E-state index contributed by atoms with van der Waals surface area (Å²) in [5, 5.41) is 9.32. The number of nitriles is 1. The van der Waals surface area contributed by atoms with Crippen LogP contribution in [0, 0.1) is 11.3 Å². The average molecular weight is 428 g/mol. The zero-order chi connectivity index (χ0) is 22.2. The van der Waals surface area contributed by atoms with E-state index in [-0.39, 0.29) is 5.56 Å². The molecule has 0 aliphatic heterocycles. The maximum atomic E-state index is 12.6. The standard InChI is InChI=1S/C26H29N5O/c1-29(24-16-25(32)30(2)23-15-8-18(17-27)28-26(23)24)19-9-11-21(12-10-19)31(22-13-14-22)20-6-4-3-5-7-20/h3-8,15-16,19,21-22H,9-14H2,1-2H3/t19-,21-. The largest absolute Gasteiger partial charge is 0.370 e. The van der Waals surface area contributed by atoms with Gasteiger partial charge in [0.05, 0.1) is 11.2 Å². The fraction of sp³-hybridized carbons (Fsp3) is 0.423. The molecule has 0 unspecified atom stereocenters. The van der Waals surface area contributed by atoms with E-state index in [1.807, 2.05) is 6.07 Å². The van der Waals surface area contributed by atoms with Gasteiger partial charge in [-0.1, -0.05) is 18.2 Å². The summed E-state index contributed by atoms with van der Waals surface area (Å²) in [6, 6.07) is 19.7. The van der Waals surface area contributed by atoms with E-state index in [4.69, 9.17) is 0 Å². The summed E-state index contributed by atoms with van der Waals surface area (Å²) in [6.07, 6.45) is 7.01. The van der Waals surface area contributed by atoms with Gasteiger partial charge in [-0.05, 0) is 62.8 Å². The van der Waals surface area contributed by atoms with Crippen LogP contribution in [0.3, 0.4) is 0 Å². The predicted octanol–water partition coefficient (Wildman–Crippen LogP) is 4.22. The van der Waals surface area contributed by atoms with E-state index in [0.717, 1.165) is 42.4 Å². The molecule has 2 aliphatic rings. The molecule has 2 aliphatic carbocycles. The molecule has 0 N–H and O–H groups in total. The molecule has 0 saturated heterocycles. The Morgan fingerprint density at radius 3 is 2.22 bits per heavy atom. The summed E-state index contributed by atoms with van der Waals surface area (Å²) in [6.45, 7) is 0. The maximum absolute atomic E-state index is 12.6. The molecule has 0 amide bonds. The molecule has 6 heteroatoms. The Labute approximate surface area is 188 Å². The van der Waals surface area contributed by atoms with E-state index in [1.165, 1.54) is 18.5 Å². The molecule has 2 fully saturated rings. The molecular weight excluding hydrogens is 398 g/mol. The first-order valence-electron chi connectivity index (χ1n) is 11.5. The lowest BCUT2D eigenvalue weighted by Gasteiger charge is -2.41. The monoisotopic (exact) mass is 427 g/mol. The van der Waals surface area contributed by atoms with Crippen LogP contribution in [-0.4, -0.2) is 34.7 Å². The van der Waals surface area contributed by atoms with Crippen LogP contribution in [0.1, 0.15) is 44.2 Å².